The van der Waals surface area contributed by atoms with Crippen LogP contribution in [0.2, 0.25) is 0 Å². The normalized spacial score (nSPS) is 12.2. The van der Waals surface area contributed by atoms with Gasteiger partial charge in [0, 0.05) is 26.1 Å². The SMILES string of the molecule is COCC(C)NC(=NCc1ccc(OC)cc1)NCCc1ccco1.I. The minimum absolute atomic E-state index is 0. The summed E-state index contributed by atoms with van der Waals surface area (Å²) in [6, 6.07) is 11.9. The first kappa shape index (κ1) is 22.3. The van der Waals surface area contributed by atoms with Gasteiger partial charge in [-0.2, -0.15) is 0 Å². The number of guanidine groups is 1. The molecule has 0 fully saturated rings. The number of rotatable bonds is 9. The monoisotopic (exact) mass is 473 g/mol. The van der Waals surface area contributed by atoms with E-state index in [2.05, 4.69) is 22.5 Å². The Morgan fingerprint density at radius 1 is 1.19 bits per heavy atom. The number of nitrogens with one attached hydrogen (secondary N) is 2. The molecule has 0 aliphatic heterocycles. The van der Waals surface area contributed by atoms with Gasteiger partial charge in [-0.05, 0) is 36.8 Å². The van der Waals surface area contributed by atoms with Crippen molar-refractivity contribution in [1.82, 2.24) is 10.6 Å². The average molecular weight is 473 g/mol. The Morgan fingerprint density at radius 2 is 1.96 bits per heavy atom. The Labute approximate surface area is 172 Å². The Kier molecular flexibility index (Phi) is 10.8. The van der Waals surface area contributed by atoms with Crippen molar-refractivity contribution < 1.29 is 13.9 Å². The molecular formula is C19H28IN3O3. The maximum absolute atomic E-state index is 5.35. The lowest BCUT2D eigenvalue weighted by molar-refractivity contribution is 0.179. The summed E-state index contributed by atoms with van der Waals surface area (Å²) in [5.41, 5.74) is 1.12. The number of hydrogen-bond donors (Lipinski definition) is 2. The predicted octanol–water partition coefficient (Wildman–Crippen LogP) is 3.22. The molecule has 0 bridgehead atoms. The number of halogens is 1. The van der Waals surface area contributed by atoms with Crippen LogP contribution in [-0.4, -0.2) is 39.4 Å². The first-order valence-electron chi connectivity index (χ1n) is 8.40. The van der Waals surface area contributed by atoms with Crippen LogP contribution in [0.4, 0.5) is 0 Å². The van der Waals surface area contributed by atoms with Crippen molar-refractivity contribution in [3.8, 4) is 5.75 Å². The summed E-state index contributed by atoms with van der Waals surface area (Å²) in [6.45, 7) is 3.99. The number of methoxy groups -OCH3 is 2. The molecule has 144 valence electrons. The van der Waals surface area contributed by atoms with Gasteiger partial charge in [0.05, 0.1) is 26.5 Å². The molecule has 7 heteroatoms. The van der Waals surface area contributed by atoms with Gasteiger partial charge in [0.25, 0.3) is 0 Å². The summed E-state index contributed by atoms with van der Waals surface area (Å²) < 4.78 is 15.7. The maximum Gasteiger partial charge on any atom is 0.191 e. The fourth-order valence-electron chi connectivity index (χ4n) is 2.34. The van der Waals surface area contributed by atoms with E-state index in [9.17, 15) is 0 Å². The van der Waals surface area contributed by atoms with E-state index in [0.717, 1.165) is 36.0 Å². The van der Waals surface area contributed by atoms with Crippen molar-refractivity contribution in [2.75, 3.05) is 27.4 Å². The first-order chi connectivity index (χ1) is 12.2. The van der Waals surface area contributed by atoms with Gasteiger partial charge >= 0.3 is 0 Å². The van der Waals surface area contributed by atoms with Crippen molar-refractivity contribution in [3.05, 3.63) is 54.0 Å². The van der Waals surface area contributed by atoms with E-state index in [1.165, 1.54) is 0 Å². The fourth-order valence-corrected chi connectivity index (χ4v) is 2.34. The zero-order valence-electron chi connectivity index (χ0n) is 15.5. The molecule has 0 aliphatic carbocycles. The number of ether oxygens (including phenoxy) is 2. The number of benzene rings is 1. The fraction of sp³-hybridized carbons (Fsp3) is 0.421. The third kappa shape index (κ3) is 8.09. The Balaban J connectivity index is 0.00000338. The largest absolute Gasteiger partial charge is 0.497 e. The molecular weight excluding hydrogens is 445 g/mol. The van der Waals surface area contributed by atoms with Crippen LogP contribution in [0.1, 0.15) is 18.2 Å². The summed E-state index contributed by atoms with van der Waals surface area (Å²) in [6.07, 6.45) is 2.49. The highest BCUT2D eigenvalue weighted by atomic mass is 127. The molecule has 1 heterocycles. The average Bonchev–Trinajstić information content (AvgIpc) is 3.13. The first-order valence-corrected chi connectivity index (χ1v) is 8.40. The predicted molar refractivity (Wildman–Crippen MR) is 114 cm³/mol. The van der Waals surface area contributed by atoms with Crippen LogP contribution < -0.4 is 15.4 Å². The van der Waals surface area contributed by atoms with Crippen LogP contribution in [0.3, 0.4) is 0 Å². The zero-order valence-corrected chi connectivity index (χ0v) is 17.9. The lowest BCUT2D eigenvalue weighted by Gasteiger charge is -2.17. The summed E-state index contributed by atoms with van der Waals surface area (Å²) in [4.78, 5) is 4.66. The van der Waals surface area contributed by atoms with Crippen molar-refractivity contribution in [2.45, 2.75) is 25.9 Å². The highest BCUT2D eigenvalue weighted by Crippen LogP contribution is 2.11. The molecule has 1 aromatic heterocycles. The summed E-state index contributed by atoms with van der Waals surface area (Å²) >= 11 is 0. The van der Waals surface area contributed by atoms with E-state index in [0.29, 0.717) is 13.2 Å². The van der Waals surface area contributed by atoms with Gasteiger partial charge < -0.3 is 24.5 Å². The number of furan rings is 1. The van der Waals surface area contributed by atoms with Crippen LogP contribution in [0, 0.1) is 0 Å². The highest BCUT2D eigenvalue weighted by Gasteiger charge is 2.06. The van der Waals surface area contributed by atoms with Crippen LogP contribution in [-0.2, 0) is 17.7 Å². The maximum atomic E-state index is 5.35. The van der Waals surface area contributed by atoms with E-state index >= 15 is 0 Å². The molecule has 0 saturated heterocycles. The molecule has 0 amide bonds. The van der Waals surface area contributed by atoms with Crippen LogP contribution in [0.5, 0.6) is 5.75 Å². The minimum Gasteiger partial charge on any atom is -0.497 e. The quantitative estimate of drug-likeness (QED) is 0.333. The van der Waals surface area contributed by atoms with Gasteiger partial charge in [0.2, 0.25) is 0 Å². The van der Waals surface area contributed by atoms with Gasteiger partial charge in [0.1, 0.15) is 11.5 Å². The summed E-state index contributed by atoms with van der Waals surface area (Å²) in [7, 11) is 3.35. The minimum atomic E-state index is 0. The van der Waals surface area contributed by atoms with Crippen LogP contribution >= 0.6 is 24.0 Å². The van der Waals surface area contributed by atoms with Crippen molar-refractivity contribution in [1.29, 1.82) is 0 Å². The van der Waals surface area contributed by atoms with Crippen LogP contribution in [0.25, 0.3) is 0 Å². The lowest BCUT2D eigenvalue weighted by atomic mass is 10.2. The lowest BCUT2D eigenvalue weighted by Crippen LogP contribution is -2.44. The molecule has 0 aliphatic rings. The van der Waals surface area contributed by atoms with E-state index in [1.54, 1.807) is 20.5 Å². The van der Waals surface area contributed by atoms with E-state index in [1.807, 2.05) is 36.4 Å². The molecule has 1 aromatic carbocycles. The number of aliphatic imine (C=N–C) groups is 1. The molecule has 2 aromatic rings. The Morgan fingerprint density at radius 3 is 2.58 bits per heavy atom. The van der Waals surface area contributed by atoms with E-state index in [4.69, 9.17) is 13.9 Å². The third-order valence-corrected chi connectivity index (χ3v) is 3.62. The van der Waals surface area contributed by atoms with E-state index < -0.39 is 0 Å². The standard InChI is InChI=1S/C19H27N3O3.HI/c1-15(14-23-2)22-19(20-11-10-18-5-4-12-25-18)21-13-16-6-8-17(24-3)9-7-16;/h4-9,12,15H,10-11,13-14H2,1-3H3,(H2,20,21,22);1H. The molecule has 0 saturated carbocycles. The molecule has 0 spiro atoms. The van der Waals surface area contributed by atoms with Gasteiger partial charge in [0.15, 0.2) is 5.96 Å². The number of hydrogen-bond acceptors (Lipinski definition) is 4. The van der Waals surface area contributed by atoms with Crippen molar-refractivity contribution in [2.24, 2.45) is 4.99 Å². The Hall–Kier alpha value is -1.74. The van der Waals surface area contributed by atoms with Gasteiger partial charge in [-0.15, -0.1) is 24.0 Å². The molecule has 1 atom stereocenters. The Bertz CT molecular complexity index is 630. The second-order valence-corrected chi connectivity index (χ2v) is 5.77. The smallest absolute Gasteiger partial charge is 0.191 e. The highest BCUT2D eigenvalue weighted by molar-refractivity contribution is 14.0. The molecule has 1 unspecified atom stereocenters. The van der Waals surface area contributed by atoms with Crippen molar-refractivity contribution >= 4 is 29.9 Å². The summed E-state index contributed by atoms with van der Waals surface area (Å²) in [5.74, 6) is 2.55. The third-order valence-electron chi connectivity index (χ3n) is 3.62. The number of nitrogens with zero attached hydrogens (tertiary/aromatic N) is 1. The molecule has 6 nitrogen and oxygen atoms in total. The van der Waals surface area contributed by atoms with Crippen LogP contribution in [0.15, 0.2) is 52.1 Å². The molecule has 2 rings (SSSR count). The molecule has 26 heavy (non-hydrogen) atoms. The molecule has 2 N–H and O–H groups in total. The van der Waals surface area contributed by atoms with Crippen molar-refractivity contribution in [3.63, 3.8) is 0 Å². The second-order valence-electron chi connectivity index (χ2n) is 5.77. The zero-order chi connectivity index (χ0) is 17.9. The van der Waals surface area contributed by atoms with Gasteiger partial charge in [-0.3, -0.25) is 0 Å². The van der Waals surface area contributed by atoms with E-state index in [-0.39, 0.29) is 30.0 Å². The van der Waals surface area contributed by atoms with Gasteiger partial charge in [-0.1, -0.05) is 12.1 Å². The molecule has 0 radical (unpaired) electrons. The topological polar surface area (TPSA) is 68.0 Å². The summed E-state index contributed by atoms with van der Waals surface area (Å²) in [5, 5.41) is 6.69. The second kappa shape index (κ2) is 12.6. The van der Waals surface area contributed by atoms with Gasteiger partial charge in [-0.25, -0.2) is 4.99 Å².